The number of hydrogen-bond donors (Lipinski definition) is 1. The van der Waals surface area contributed by atoms with Gasteiger partial charge in [0.15, 0.2) is 0 Å². The van der Waals surface area contributed by atoms with Crippen LogP contribution in [-0.2, 0) is 20.7 Å². The van der Waals surface area contributed by atoms with Gasteiger partial charge >= 0.3 is 12.1 Å². The van der Waals surface area contributed by atoms with Gasteiger partial charge in [0.05, 0.1) is 13.2 Å². The van der Waals surface area contributed by atoms with Crippen molar-refractivity contribution in [2.45, 2.75) is 38.8 Å². The molecule has 1 aromatic rings. The molecule has 0 aromatic heterocycles. The summed E-state index contributed by atoms with van der Waals surface area (Å²) in [6.45, 7) is 5.38. The maximum Gasteiger partial charge on any atom is 0.408 e. The van der Waals surface area contributed by atoms with Crippen LogP contribution in [0.3, 0.4) is 0 Å². The molecule has 1 aromatic carbocycles. The summed E-state index contributed by atoms with van der Waals surface area (Å²) in [5, 5.41) is 2.75. The van der Waals surface area contributed by atoms with E-state index in [2.05, 4.69) is 10.1 Å². The molecule has 0 saturated heterocycles. The lowest BCUT2D eigenvalue weighted by atomic mass is 10.1. The summed E-state index contributed by atoms with van der Waals surface area (Å²) in [6.07, 6.45) is 2.92. The number of hydrogen-bond acceptors (Lipinski definition) is 4. The van der Waals surface area contributed by atoms with Gasteiger partial charge in [-0.25, -0.2) is 9.59 Å². The molecule has 1 atom stereocenters. The fraction of sp³-hybridized carbons (Fsp3) is 0.412. The fourth-order valence-corrected chi connectivity index (χ4v) is 1.76. The number of rotatable bonds is 5. The van der Waals surface area contributed by atoms with Gasteiger partial charge in [-0.15, -0.1) is 0 Å². The summed E-state index contributed by atoms with van der Waals surface area (Å²) >= 11 is 0. The third-order valence-corrected chi connectivity index (χ3v) is 2.67. The Morgan fingerprint density at radius 2 is 1.86 bits per heavy atom. The van der Waals surface area contributed by atoms with Crippen LogP contribution in [0.25, 0.3) is 0 Å². The summed E-state index contributed by atoms with van der Waals surface area (Å²) < 4.78 is 9.81. The first kappa shape index (κ1) is 17.8. The first-order valence-corrected chi connectivity index (χ1v) is 7.10. The molecule has 0 aliphatic rings. The SMILES string of the molecule is COC(=O)/C=C/C(Cc1ccccc1)NC(=O)OC(C)(C)C. The van der Waals surface area contributed by atoms with Crippen molar-refractivity contribution < 1.29 is 19.1 Å². The second-order valence-corrected chi connectivity index (χ2v) is 5.82. The molecule has 1 amide bonds. The largest absolute Gasteiger partial charge is 0.466 e. The lowest BCUT2D eigenvalue weighted by Crippen LogP contribution is -2.39. The van der Waals surface area contributed by atoms with Crippen LogP contribution in [0.15, 0.2) is 42.5 Å². The molecule has 0 aliphatic heterocycles. The average Bonchev–Trinajstić information content (AvgIpc) is 2.43. The van der Waals surface area contributed by atoms with Crippen LogP contribution >= 0.6 is 0 Å². The monoisotopic (exact) mass is 305 g/mol. The number of alkyl carbamates (subject to hydrolysis) is 1. The van der Waals surface area contributed by atoms with Crippen LogP contribution in [0.4, 0.5) is 4.79 Å². The number of carbonyl (C=O) groups excluding carboxylic acids is 2. The molecule has 0 radical (unpaired) electrons. The van der Waals surface area contributed by atoms with Gasteiger partial charge in [-0.05, 0) is 32.8 Å². The van der Waals surface area contributed by atoms with E-state index in [0.29, 0.717) is 6.42 Å². The van der Waals surface area contributed by atoms with E-state index in [1.807, 2.05) is 30.3 Å². The van der Waals surface area contributed by atoms with Crippen molar-refractivity contribution in [2.24, 2.45) is 0 Å². The zero-order valence-electron chi connectivity index (χ0n) is 13.5. The minimum absolute atomic E-state index is 0.364. The van der Waals surface area contributed by atoms with E-state index in [4.69, 9.17) is 4.74 Å². The van der Waals surface area contributed by atoms with Crippen LogP contribution in [-0.4, -0.2) is 30.8 Å². The highest BCUT2D eigenvalue weighted by Gasteiger charge is 2.18. The number of carbonyl (C=O) groups is 2. The predicted octanol–water partition coefficient (Wildman–Crippen LogP) is 2.85. The highest BCUT2D eigenvalue weighted by atomic mass is 16.6. The van der Waals surface area contributed by atoms with Crippen molar-refractivity contribution in [2.75, 3.05) is 7.11 Å². The van der Waals surface area contributed by atoms with Gasteiger partial charge in [0.2, 0.25) is 0 Å². The Bertz CT molecular complexity index is 517. The van der Waals surface area contributed by atoms with E-state index in [1.54, 1.807) is 26.8 Å². The molecule has 0 saturated carbocycles. The first-order chi connectivity index (χ1) is 10.3. The molecule has 0 spiro atoms. The molecule has 5 heteroatoms. The predicted molar refractivity (Wildman–Crippen MR) is 84.5 cm³/mol. The Kier molecular flexibility index (Phi) is 6.63. The van der Waals surface area contributed by atoms with Gasteiger partial charge in [0, 0.05) is 6.08 Å². The van der Waals surface area contributed by atoms with Crippen LogP contribution < -0.4 is 5.32 Å². The third-order valence-electron chi connectivity index (χ3n) is 2.67. The van der Waals surface area contributed by atoms with Gasteiger partial charge in [-0.1, -0.05) is 36.4 Å². The van der Waals surface area contributed by atoms with E-state index in [1.165, 1.54) is 13.2 Å². The number of esters is 1. The number of ether oxygens (including phenoxy) is 2. The van der Waals surface area contributed by atoms with Gasteiger partial charge < -0.3 is 14.8 Å². The van der Waals surface area contributed by atoms with E-state index in [0.717, 1.165) is 5.56 Å². The highest BCUT2D eigenvalue weighted by Crippen LogP contribution is 2.09. The smallest absolute Gasteiger partial charge is 0.408 e. The topological polar surface area (TPSA) is 64.6 Å². The van der Waals surface area contributed by atoms with E-state index >= 15 is 0 Å². The van der Waals surface area contributed by atoms with Gasteiger partial charge in [0.25, 0.3) is 0 Å². The van der Waals surface area contributed by atoms with E-state index < -0.39 is 17.7 Å². The van der Waals surface area contributed by atoms with Crippen molar-refractivity contribution in [3.05, 3.63) is 48.0 Å². The number of benzene rings is 1. The standard InChI is InChI=1S/C17H23NO4/c1-17(2,3)22-16(20)18-14(10-11-15(19)21-4)12-13-8-6-5-7-9-13/h5-11,14H,12H2,1-4H3,(H,18,20)/b11-10+. The average molecular weight is 305 g/mol. The molecule has 1 rings (SSSR count). The quantitative estimate of drug-likeness (QED) is 0.671. The molecule has 22 heavy (non-hydrogen) atoms. The number of methoxy groups -OCH3 is 1. The summed E-state index contributed by atoms with van der Waals surface area (Å²) in [4.78, 5) is 23.1. The third kappa shape index (κ3) is 7.47. The molecule has 5 nitrogen and oxygen atoms in total. The zero-order valence-corrected chi connectivity index (χ0v) is 13.5. The zero-order chi connectivity index (χ0) is 16.6. The highest BCUT2D eigenvalue weighted by molar-refractivity contribution is 5.82. The van der Waals surface area contributed by atoms with Crippen molar-refractivity contribution in [1.29, 1.82) is 0 Å². The second-order valence-electron chi connectivity index (χ2n) is 5.82. The molecule has 0 aliphatic carbocycles. The molecule has 120 valence electrons. The van der Waals surface area contributed by atoms with Crippen molar-refractivity contribution in [3.8, 4) is 0 Å². The van der Waals surface area contributed by atoms with Gasteiger partial charge in [-0.3, -0.25) is 0 Å². The maximum atomic E-state index is 11.9. The summed E-state index contributed by atoms with van der Waals surface area (Å²) in [7, 11) is 1.31. The van der Waals surface area contributed by atoms with Crippen LogP contribution in [0.5, 0.6) is 0 Å². The number of amides is 1. The maximum absolute atomic E-state index is 11.9. The van der Waals surface area contributed by atoms with Crippen molar-refractivity contribution >= 4 is 12.1 Å². The normalized spacial score (nSPS) is 12.7. The fourth-order valence-electron chi connectivity index (χ4n) is 1.76. The second kappa shape index (κ2) is 8.22. The summed E-state index contributed by atoms with van der Waals surface area (Å²) in [6, 6.07) is 9.31. The van der Waals surface area contributed by atoms with Gasteiger partial charge in [0.1, 0.15) is 5.60 Å². The van der Waals surface area contributed by atoms with Crippen LogP contribution in [0.2, 0.25) is 0 Å². The Balaban J connectivity index is 2.75. The van der Waals surface area contributed by atoms with E-state index in [-0.39, 0.29) is 6.04 Å². The minimum Gasteiger partial charge on any atom is -0.466 e. The Hall–Kier alpha value is -2.30. The molecular formula is C17H23NO4. The molecule has 1 N–H and O–H groups in total. The summed E-state index contributed by atoms with van der Waals surface area (Å²) in [5.74, 6) is -0.468. The molecule has 1 unspecified atom stereocenters. The Labute approximate surface area is 131 Å². The molecule has 0 heterocycles. The van der Waals surface area contributed by atoms with Crippen molar-refractivity contribution in [1.82, 2.24) is 5.32 Å². The Morgan fingerprint density at radius 1 is 1.23 bits per heavy atom. The minimum atomic E-state index is -0.576. The molecular weight excluding hydrogens is 282 g/mol. The van der Waals surface area contributed by atoms with Gasteiger partial charge in [-0.2, -0.15) is 0 Å². The number of nitrogens with one attached hydrogen (secondary N) is 1. The lowest BCUT2D eigenvalue weighted by molar-refractivity contribution is -0.134. The van der Waals surface area contributed by atoms with Crippen LogP contribution in [0.1, 0.15) is 26.3 Å². The van der Waals surface area contributed by atoms with Crippen LogP contribution in [0, 0.1) is 0 Å². The Morgan fingerprint density at radius 3 is 2.41 bits per heavy atom. The first-order valence-electron chi connectivity index (χ1n) is 7.10. The lowest BCUT2D eigenvalue weighted by Gasteiger charge is -2.22. The van der Waals surface area contributed by atoms with Crippen molar-refractivity contribution in [3.63, 3.8) is 0 Å². The summed E-state index contributed by atoms with van der Waals surface area (Å²) in [5.41, 5.74) is 0.464. The van der Waals surface area contributed by atoms with E-state index in [9.17, 15) is 9.59 Å². The molecule has 0 fully saturated rings. The molecule has 0 bridgehead atoms.